The van der Waals surface area contributed by atoms with E-state index in [1.54, 1.807) is 0 Å². The molecule has 0 N–H and O–H groups in total. The first kappa shape index (κ1) is 21.7. The molecule has 0 aliphatic rings. The van der Waals surface area contributed by atoms with E-state index in [0.29, 0.717) is 0 Å². The molecular formula is C32H27NSi. The molecule has 0 aromatic heterocycles. The molecule has 0 spiro atoms. The Bertz CT molecular complexity index is 1310. The van der Waals surface area contributed by atoms with Crippen LogP contribution in [0.5, 0.6) is 0 Å². The minimum absolute atomic E-state index is 0.441. The number of hydrogen-bond donors (Lipinski definition) is 0. The van der Waals surface area contributed by atoms with Gasteiger partial charge in [-0.25, -0.2) is 0 Å². The Morgan fingerprint density at radius 2 is 0.912 bits per heavy atom. The molecule has 1 nitrogen and oxygen atoms in total. The molecule has 34 heavy (non-hydrogen) atoms. The van der Waals surface area contributed by atoms with E-state index in [-0.39, 0.29) is 0 Å². The minimum atomic E-state index is -0.441. The third kappa shape index (κ3) is 5.43. The van der Waals surface area contributed by atoms with Crippen LogP contribution in [0.3, 0.4) is 0 Å². The summed E-state index contributed by atoms with van der Waals surface area (Å²) in [5.74, 6) is 0. The van der Waals surface area contributed by atoms with E-state index in [1.165, 1.54) is 21.5 Å². The van der Waals surface area contributed by atoms with Gasteiger partial charge in [-0.15, -0.1) is 0 Å². The maximum absolute atomic E-state index is 2.33. The van der Waals surface area contributed by atoms with Gasteiger partial charge in [0.15, 0.2) is 0 Å². The lowest BCUT2D eigenvalue weighted by Crippen LogP contribution is -2.26. The van der Waals surface area contributed by atoms with E-state index in [2.05, 4.69) is 157 Å². The molecule has 0 aliphatic heterocycles. The first-order valence-corrected chi connectivity index (χ1v) is 13.1. The van der Waals surface area contributed by atoms with Crippen LogP contribution in [0.1, 0.15) is 11.1 Å². The number of anilines is 3. The van der Waals surface area contributed by atoms with Gasteiger partial charge >= 0.3 is 0 Å². The molecule has 0 radical (unpaired) electrons. The van der Waals surface area contributed by atoms with Crippen molar-refractivity contribution >= 4 is 49.1 Å². The second-order valence-corrected chi connectivity index (χ2v) is 10.3. The van der Waals surface area contributed by atoms with Crippen molar-refractivity contribution in [1.29, 1.82) is 0 Å². The first-order chi connectivity index (χ1) is 16.8. The van der Waals surface area contributed by atoms with Gasteiger partial charge in [0.05, 0.1) is 9.52 Å². The maximum Gasteiger partial charge on any atom is 0.0875 e. The fourth-order valence-electron chi connectivity index (χ4n) is 4.17. The molecule has 0 aliphatic carbocycles. The third-order valence-electron chi connectivity index (χ3n) is 5.85. The van der Waals surface area contributed by atoms with Gasteiger partial charge < -0.3 is 4.90 Å². The molecule has 0 amide bonds. The van der Waals surface area contributed by atoms with Gasteiger partial charge in [-0.1, -0.05) is 126 Å². The Balaban J connectivity index is 1.35. The van der Waals surface area contributed by atoms with Crippen LogP contribution in [0, 0.1) is 0 Å². The van der Waals surface area contributed by atoms with Crippen LogP contribution in [-0.4, -0.2) is 9.52 Å². The summed E-state index contributed by atoms with van der Waals surface area (Å²) < 4.78 is 0. The Morgan fingerprint density at radius 3 is 1.53 bits per heavy atom. The lowest BCUT2D eigenvalue weighted by Gasteiger charge is -2.25. The standard InChI is InChI=1S/C32H27NSi/c1-4-12-28(13-5-1)33(29-14-6-2-7-15-29)30-23-21-26(22-24-30)19-20-27-11-10-18-32(25-27)34-31-16-8-3-9-17-31/h1-25H,34H2. The molecule has 0 saturated heterocycles. The number of benzene rings is 5. The van der Waals surface area contributed by atoms with Crippen LogP contribution in [0.15, 0.2) is 140 Å². The zero-order valence-electron chi connectivity index (χ0n) is 19.1. The zero-order valence-corrected chi connectivity index (χ0v) is 20.5. The summed E-state index contributed by atoms with van der Waals surface area (Å²) in [4.78, 5) is 2.28. The zero-order chi connectivity index (χ0) is 23.0. The van der Waals surface area contributed by atoms with E-state index >= 15 is 0 Å². The van der Waals surface area contributed by atoms with Crippen molar-refractivity contribution in [3.63, 3.8) is 0 Å². The monoisotopic (exact) mass is 453 g/mol. The third-order valence-corrected chi connectivity index (χ3v) is 7.58. The average Bonchev–Trinajstić information content (AvgIpc) is 2.91. The normalized spacial score (nSPS) is 11.3. The van der Waals surface area contributed by atoms with Crippen molar-refractivity contribution < 1.29 is 0 Å². The van der Waals surface area contributed by atoms with Crippen LogP contribution >= 0.6 is 0 Å². The molecule has 0 fully saturated rings. The molecule has 2 heteroatoms. The molecule has 0 heterocycles. The summed E-state index contributed by atoms with van der Waals surface area (Å²) in [6.45, 7) is 0. The number of nitrogens with zero attached hydrogens (tertiary/aromatic N) is 1. The number of rotatable bonds is 7. The van der Waals surface area contributed by atoms with Gasteiger partial charge in [0.1, 0.15) is 0 Å². The molecule has 0 bridgehead atoms. The van der Waals surface area contributed by atoms with Gasteiger partial charge in [0.25, 0.3) is 0 Å². The highest BCUT2D eigenvalue weighted by Crippen LogP contribution is 2.34. The summed E-state index contributed by atoms with van der Waals surface area (Å²) in [6, 6.07) is 49.5. The highest BCUT2D eigenvalue weighted by atomic mass is 28.2. The van der Waals surface area contributed by atoms with Crippen molar-refractivity contribution in [2.24, 2.45) is 0 Å². The van der Waals surface area contributed by atoms with Gasteiger partial charge in [-0.3, -0.25) is 0 Å². The van der Waals surface area contributed by atoms with E-state index in [9.17, 15) is 0 Å². The average molecular weight is 454 g/mol. The molecule has 5 aromatic carbocycles. The SMILES string of the molecule is C(=Cc1cccc([SiH2]c2ccccc2)c1)c1ccc(N(c2ccccc2)c2ccccc2)cc1. The molecule has 164 valence electrons. The van der Waals surface area contributed by atoms with Crippen LogP contribution in [-0.2, 0) is 0 Å². The predicted octanol–water partition coefficient (Wildman–Crippen LogP) is 6.45. The maximum atomic E-state index is 2.33. The van der Waals surface area contributed by atoms with Crippen molar-refractivity contribution in [3.8, 4) is 0 Å². The highest BCUT2D eigenvalue weighted by Gasteiger charge is 2.11. The van der Waals surface area contributed by atoms with Crippen LogP contribution < -0.4 is 15.3 Å². The lowest BCUT2D eigenvalue weighted by atomic mass is 10.1. The topological polar surface area (TPSA) is 3.24 Å². The van der Waals surface area contributed by atoms with E-state index in [1.807, 2.05) is 0 Å². The van der Waals surface area contributed by atoms with Gasteiger partial charge in [0, 0.05) is 17.1 Å². The van der Waals surface area contributed by atoms with Crippen molar-refractivity contribution in [1.82, 2.24) is 0 Å². The lowest BCUT2D eigenvalue weighted by molar-refractivity contribution is 1.28. The summed E-state index contributed by atoms with van der Waals surface area (Å²) in [6.07, 6.45) is 4.41. The quantitative estimate of drug-likeness (QED) is 0.202. The van der Waals surface area contributed by atoms with E-state index in [0.717, 1.165) is 17.1 Å². The predicted molar refractivity (Wildman–Crippen MR) is 151 cm³/mol. The Hall–Kier alpha value is -4.14. The van der Waals surface area contributed by atoms with Crippen molar-refractivity contribution in [2.45, 2.75) is 0 Å². The van der Waals surface area contributed by atoms with Gasteiger partial charge in [-0.05, 0) is 47.5 Å². The second-order valence-electron chi connectivity index (χ2n) is 8.34. The van der Waals surface area contributed by atoms with Gasteiger partial charge in [0.2, 0.25) is 0 Å². The fraction of sp³-hybridized carbons (Fsp3) is 0. The second kappa shape index (κ2) is 10.6. The molecular weight excluding hydrogens is 426 g/mol. The Morgan fingerprint density at radius 1 is 0.412 bits per heavy atom. The first-order valence-electron chi connectivity index (χ1n) is 11.7. The summed E-state index contributed by atoms with van der Waals surface area (Å²) in [5.41, 5.74) is 5.88. The molecule has 5 rings (SSSR count). The van der Waals surface area contributed by atoms with E-state index in [4.69, 9.17) is 0 Å². The highest BCUT2D eigenvalue weighted by molar-refractivity contribution is 6.67. The summed E-state index contributed by atoms with van der Waals surface area (Å²) in [7, 11) is -0.441. The van der Waals surface area contributed by atoms with Crippen LogP contribution in [0.25, 0.3) is 12.2 Å². The molecule has 5 aromatic rings. The minimum Gasteiger partial charge on any atom is -0.311 e. The van der Waals surface area contributed by atoms with Crippen LogP contribution in [0.4, 0.5) is 17.1 Å². The smallest absolute Gasteiger partial charge is 0.0875 e. The summed E-state index contributed by atoms with van der Waals surface area (Å²) >= 11 is 0. The van der Waals surface area contributed by atoms with Crippen molar-refractivity contribution in [2.75, 3.05) is 4.90 Å². The Kier molecular flexibility index (Phi) is 6.79. The fourth-order valence-corrected chi connectivity index (χ4v) is 5.74. The van der Waals surface area contributed by atoms with Gasteiger partial charge in [-0.2, -0.15) is 0 Å². The van der Waals surface area contributed by atoms with E-state index < -0.39 is 9.52 Å². The number of para-hydroxylation sites is 2. The Labute approximate surface area is 204 Å². The van der Waals surface area contributed by atoms with Crippen molar-refractivity contribution in [3.05, 3.63) is 151 Å². The molecule has 0 atom stereocenters. The van der Waals surface area contributed by atoms with Crippen LogP contribution in [0.2, 0.25) is 0 Å². The largest absolute Gasteiger partial charge is 0.311 e. The molecule has 0 unspecified atom stereocenters. The number of hydrogen-bond acceptors (Lipinski definition) is 1. The summed E-state index contributed by atoms with van der Waals surface area (Å²) in [5, 5.41) is 2.94. The molecule has 0 saturated carbocycles.